The van der Waals surface area contributed by atoms with E-state index in [-0.39, 0.29) is 5.91 Å². The molecular formula is C23H32N2O2. The molecule has 1 aromatic heterocycles. The van der Waals surface area contributed by atoms with Gasteiger partial charge in [-0.2, -0.15) is 4.73 Å². The van der Waals surface area contributed by atoms with Crippen LogP contribution >= 0.6 is 0 Å². The normalized spacial score (nSPS) is 11.0. The molecule has 1 aromatic carbocycles. The lowest BCUT2D eigenvalue weighted by molar-refractivity contribution is -0.621. The van der Waals surface area contributed by atoms with Gasteiger partial charge in [-0.15, -0.1) is 0 Å². The van der Waals surface area contributed by atoms with E-state index in [1.54, 1.807) is 0 Å². The lowest BCUT2D eigenvalue weighted by atomic mass is 9.89. The fourth-order valence-electron chi connectivity index (χ4n) is 3.79. The first-order chi connectivity index (χ1) is 12.5. The number of benzene rings is 1. The predicted octanol–water partition coefficient (Wildman–Crippen LogP) is 4.07. The van der Waals surface area contributed by atoms with Crippen LogP contribution in [0, 0.1) is 67.5 Å². The van der Waals surface area contributed by atoms with Gasteiger partial charge in [0.2, 0.25) is 0 Å². The van der Waals surface area contributed by atoms with Crippen molar-refractivity contribution in [1.29, 1.82) is 0 Å². The summed E-state index contributed by atoms with van der Waals surface area (Å²) in [6.07, 6.45) is 0.519. The van der Waals surface area contributed by atoms with Crippen LogP contribution in [0.5, 0.6) is 0 Å². The molecule has 0 fully saturated rings. The van der Waals surface area contributed by atoms with Gasteiger partial charge < -0.3 is 10.5 Å². The molecule has 0 bridgehead atoms. The van der Waals surface area contributed by atoms with Crippen molar-refractivity contribution in [3.05, 3.63) is 66.7 Å². The minimum atomic E-state index is -0.0631. The lowest BCUT2D eigenvalue weighted by Crippen LogP contribution is -2.40. The molecule has 0 saturated heterocycles. The maximum Gasteiger partial charge on any atom is 0.251 e. The number of rotatable bonds is 4. The zero-order valence-electron chi connectivity index (χ0n) is 18.2. The molecule has 146 valence electrons. The first kappa shape index (κ1) is 20.9. The standard InChI is InChI=1S/C23H32N2O2/c1-12-13(2)18(7)22(19(8)14(12)3)23(26)24-11-10-21-17(6)15(4)16(5)20(9)25(21)27/h10-11H2,1-9H3,(H,24,26). The molecule has 0 saturated carbocycles. The van der Waals surface area contributed by atoms with Crippen molar-refractivity contribution in [2.45, 2.75) is 68.7 Å². The third kappa shape index (κ3) is 3.58. The van der Waals surface area contributed by atoms with Crippen molar-refractivity contribution in [3.8, 4) is 0 Å². The Morgan fingerprint density at radius 3 is 1.70 bits per heavy atom. The van der Waals surface area contributed by atoms with Crippen LogP contribution in [0.25, 0.3) is 0 Å². The Morgan fingerprint density at radius 2 is 1.19 bits per heavy atom. The maximum absolute atomic E-state index is 12.9. The van der Waals surface area contributed by atoms with Crippen LogP contribution in [0.4, 0.5) is 0 Å². The highest BCUT2D eigenvalue weighted by atomic mass is 16.5. The summed E-state index contributed by atoms with van der Waals surface area (Å²) in [5.74, 6) is -0.0631. The fraction of sp³-hybridized carbons (Fsp3) is 0.478. The van der Waals surface area contributed by atoms with Gasteiger partial charge in [-0.05, 0) is 88.8 Å². The van der Waals surface area contributed by atoms with Crippen molar-refractivity contribution in [3.63, 3.8) is 0 Å². The van der Waals surface area contributed by atoms with Gasteiger partial charge in [0, 0.05) is 30.2 Å². The number of carbonyl (C=O) groups excluding carboxylic acids is 1. The zero-order valence-corrected chi connectivity index (χ0v) is 18.2. The van der Waals surface area contributed by atoms with E-state index in [1.807, 2.05) is 41.5 Å². The van der Waals surface area contributed by atoms with Crippen LogP contribution in [-0.4, -0.2) is 12.5 Å². The highest BCUT2D eigenvalue weighted by molar-refractivity contribution is 5.98. The summed E-state index contributed by atoms with van der Waals surface area (Å²) in [6, 6.07) is 0. The summed E-state index contributed by atoms with van der Waals surface area (Å²) in [5.41, 5.74) is 11.1. The molecule has 2 aromatic rings. The Labute approximate surface area is 163 Å². The van der Waals surface area contributed by atoms with Gasteiger partial charge in [0.05, 0.1) is 6.42 Å². The van der Waals surface area contributed by atoms with Crippen LogP contribution in [0.1, 0.15) is 66.3 Å². The van der Waals surface area contributed by atoms with Gasteiger partial charge in [-0.1, -0.05) is 0 Å². The molecule has 0 aliphatic carbocycles. The van der Waals surface area contributed by atoms with Gasteiger partial charge in [0.25, 0.3) is 5.91 Å². The van der Waals surface area contributed by atoms with E-state index in [0.717, 1.165) is 49.5 Å². The molecule has 4 heteroatoms. The number of amides is 1. The second-order valence-corrected chi connectivity index (χ2v) is 7.71. The minimum Gasteiger partial charge on any atom is -0.618 e. The van der Waals surface area contributed by atoms with Crippen LogP contribution in [0.2, 0.25) is 0 Å². The van der Waals surface area contributed by atoms with Gasteiger partial charge >= 0.3 is 0 Å². The average Bonchev–Trinajstić information content (AvgIpc) is 2.64. The number of hydrogen-bond acceptors (Lipinski definition) is 2. The predicted molar refractivity (Wildman–Crippen MR) is 111 cm³/mol. The number of nitrogens with zero attached hydrogens (tertiary/aromatic N) is 1. The number of nitrogens with one attached hydrogen (secondary N) is 1. The van der Waals surface area contributed by atoms with Crippen molar-refractivity contribution in [1.82, 2.24) is 5.32 Å². The van der Waals surface area contributed by atoms with Crippen molar-refractivity contribution in [2.24, 2.45) is 0 Å². The number of aromatic nitrogens is 1. The quantitative estimate of drug-likeness (QED) is 0.653. The molecule has 1 heterocycles. The monoisotopic (exact) mass is 368 g/mol. The molecule has 27 heavy (non-hydrogen) atoms. The van der Waals surface area contributed by atoms with E-state index in [9.17, 15) is 10.0 Å². The van der Waals surface area contributed by atoms with Crippen LogP contribution in [-0.2, 0) is 6.42 Å². The highest BCUT2D eigenvalue weighted by Gasteiger charge is 2.21. The zero-order chi connectivity index (χ0) is 20.6. The third-order valence-electron chi connectivity index (χ3n) is 6.52. The molecular weight excluding hydrogens is 336 g/mol. The number of pyridine rings is 1. The topological polar surface area (TPSA) is 56.0 Å². The Morgan fingerprint density at radius 1 is 0.741 bits per heavy atom. The Hall–Kier alpha value is -2.36. The minimum absolute atomic E-state index is 0.0631. The molecule has 1 N–H and O–H groups in total. The molecule has 4 nitrogen and oxygen atoms in total. The first-order valence-corrected chi connectivity index (χ1v) is 9.54. The molecule has 0 aliphatic heterocycles. The average molecular weight is 369 g/mol. The van der Waals surface area contributed by atoms with E-state index < -0.39 is 0 Å². The molecule has 2 rings (SSSR count). The lowest BCUT2D eigenvalue weighted by Gasteiger charge is -2.19. The number of carbonyl (C=O) groups is 1. The summed E-state index contributed by atoms with van der Waals surface area (Å²) in [4.78, 5) is 12.9. The molecule has 0 radical (unpaired) electrons. The van der Waals surface area contributed by atoms with Gasteiger partial charge in [0.15, 0.2) is 11.4 Å². The second kappa shape index (κ2) is 7.71. The van der Waals surface area contributed by atoms with E-state index >= 15 is 0 Å². The SMILES string of the molecule is Cc1c(C)c(C)c(C(=O)NCCc2c(C)c(C)c(C)c(C)[n+]2[O-])c(C)c1C. The highest BCUT2D eigenvalue weighted by Crippen LogP contribution is 2.26. The van der Waals surface area contributed by atoms with Crippen LogP contribution < -0.4 is 10.0 Å². The van der Waals surface area contributed by atoms with E-state index in [4.69, 9.17) is 0 Å². The Balaban J connectivity index is 2.25. The molecule has 1 amide bonds. The Kier molecular flexibility index (Phi) is 5.98. The van der Waals surface area contributed by atoms with Crippen molar-refractivity contribution < 1.29 is 9.52 Å². The number of hydrogen-bond donors (Lipinski definition) is 1. The van der Waals surface area contributed by atoms with Gasteiger partial charge in [-0.3, -0.25) is 4.79 Å². The van der Waals surface area contributed by atoms with Crippen LogP contribution in [0.3, 0.4) is 0 Å². The van der Waals surface area contributed by atoms with Crippen molar-refractivity contribution in [2.75, 3.05) is 6.54 Å². The third-order valence-corrected chi connectivity index (χ3v) is 6.52. The summed E-state index contributed by atoms with van der Waals surface area (Å²) >= 11 is 0. The molecule has 0 aliphatic rings. The van der Waals surface area contributed by atoms with Gasteiger partial charge in [-0.25, -0.2) is 0 Å². The maximum atomic E-state index is 12.9. The summed E-state index contributed by atoms with van der Waals surface area (Å²) < 4.78 is 1.01. The van der Waals surface area contributed by atoms with Gasteiger partial charge in [0.1, 0.15) is 0 Å². The van der Waals surface area contributed by atoms with Crippen molar-refractivity contribution >= 4 is 5.91 Å². The largest absolute Gasteiger partial charge is 0.618 e. The smallest absolute Gasteiger partial charge is 0.251 e. The molecule has 0 spiro atoms. The van der Waals surface area contributed by atoms with E-state index in [2.05, 4.69) is 26.1 Å². The van der Waals surface area contributed by atoms with E-state index in [1.165, 1.54) is 16.7 Å². The summed E-state index contributed by atoms with van der Waals surface area (Å²) in [7, 11) is 0. The molecule has 0 unspecified atom stereocenters. The summed E-state index contributed by atoms with van der Waals surface area (Å²) in [6.45, 7) is 18.5. The van der Waals surface area contributed by atoms with E-state index in [0.29, 0.717) is 13.0 Å². The van der Waals surface area contributed by atoms with Crippen LogP contribution in [0.15, 0.2) is 0 Å². The second-order valence-electron chi connectivity index (χ2n) is 7.71. The molecule has 0 atom stereocenters. The first-order valence-electron chi connectivity index (χ1n) is 9.54. The fourth-order valence-corrected chi connectivity index (χ4v) is 3.79. The summed E-state index contributed by atoms with van der Waals surface area (Å²) in [5, 5.41) is 15.6. The Bertz CT molecular complexity index is 869.